The van der Waals surface area contributed by atoms with Gasteiger partial charge in [0.1, 0.15) is 11.8 Å². The number of nitrogen functional groups attached to an aromatic ring is 1. The van der Waals surface area contributed by atoms with Crippen molar-refractivity contribution in [3.63, 3.8) is 0 Å². The van der Waals surface area contributed by atoms with E-state index in [0.717, 1.165) is 34.2 Å². The monoisotopic (exact) mass is 541 g/mol. The number of aromatic amines is 1. The van der Waals surface area contributed by atoms with Gasteiger partial charge in [-0.15, -0.1) is 0 Å². The lowest BCUT2D eigenvalue weighted by atomic mass is 10.0. The van der Waals surface area contributed by atoms with Gasteiger partial charge < -0.3 is 16.4 Å². The quantitative estimate of drug-likeness (QED) is 0.183. The first-order valence-electron chi connectivity index (χ1n) is 12.0. The molecule has 5 N–H and O–H groups in total. The molecule has 40 heavy (non-hydrogen) atoms. The smallest absolute Gasteiger partial charge is 0.274 e. The van der Waals surface area contributed by atoms with Crippen LogP contribution in [-0.4, -0.2) is 33.5 Å². The Kier molecular flexibility index (Phi) is 8.24. The molecule has 2 heterocycles. The summed E-state index contributed by atoms with van der Waals surface area (Å²) < 4.78 is 27.0. The van der Waals surface area contributed by atoms with Crippen LogP contribution in [0.5, 0.6) is 0 Å². The first kappa shape index (κ1) is 27.6. The number of aliphatic imine (C=N–C) groups is 2. The molecular formula is C28H25F2N9O. The first-order valence-corrected chi connectivity index (χ1v) is 12.0. The van der Waals surface area contributed by atoms with Crippen molar-refractivity contribution in [1.82, 2.24) is 25.8 Å². The molecule has 0 aliphatic rings. The fourth-order valence-corrected chi connectivity index (χ4v) is 3.83. The van der Waals surface area contributed by atoms with Crippen molar-refractivity contribution < 1.29 is 13.6 Å². The number of nitrogens with zero attached hydrogens (tertiary/aromatic N) is 5. The van der Waals surface area contributed by atoms with Crippen LogP contribution in [0, 0.1) is 23.0 Å². The molecule has 202 valence electrons. The summed E-state index contributed by atoms with van der Waals surface area (Å²) in [5, 5.41) is 22.4. The summed E-state index contributed by atoms with van der Waals surface area (Å²) in [7, 11) is 0. The Bertz CT molecular complexity index is 1680. The summed E-state index contributed by atoms with van der Waals surface area (Å²) in [4.78, 5) is 25.5. The molecule has 0 aliphatic heterocycles. The van der Waals surface area contributed by atoms with E-state index >= 15 is 0 Å². The predicted molar refractivity (Wildman–Crippen MR) is 149 cm³/mol. The number of fused-ring (bicyclic) bond motifs is 1. The summed E-state index contributed by atoms with van der Waals surface area (Å²) in [5.41, 5.74) is 9.31. The molecule has 0 saturated heterocycles. The van der Waals surface area contributed by atoms with E-state index in [2.05, 4.69) is 42.5 Å². The molecule has 1 atom stereocenters. The number of halogens is 2. The number of nitrogens with one attached hydrogen (secondary N) is 3. The van der Waals surface area contributed by atoms with Crippen molar-refractivity contribution in [2.75, 3.05) is 5.73 Å². The standard InChI is InChI=1S/C28H25F2N9O/c1-15(12-31)36-24(28(40)37-16(2)19-8-9-22(29)23(30)11-19)27(33-3)34-13-17-4-6-18(7-5-17)20-10-21-25(32)38-39-26(21)35-14-20/h4-11,14,16,34H,3,13H2,1-2H3,(H,37,40)(H3,32,35,38,39)/b27-24+,36-15+/t16-/m0/s1. The van der Waals surface area contributed by atoms with Gasteiger partial charge in [0.15, 0.2) is 34.6 Å². The number of rotatable bonds is 9. The van der Waals surface area contributed by atoms with Crippen molar-refractivity contribution in [2.45, 2.75) is 26.4 Å². The van der Waals surface area contributed by atoms with Crippen molar-refractivity contribution >= 4 is 35.2 Å². The van der Waals surface area contributed by atoms with Crippen LogP contribution in [0.15, 0.2) is 76.2 Å². The highest BCUT2D eigenvalue weighted by atomic mass is 19.2. The van der Waals surface area contributed by atoms with Crippen LogP contribution in [0.4, 0.5) is 14.6 Å². The van der Waals surface area contributed by atoms with E-state index in [1.54, 1.807) is 13.1 Å². The fourth-order valence-electron chi connectivity index (χ4n) is 3.83. The maximum absolute atomic E-state index is 13.7. The van der Waals surface area contributed by atoms with E-state index in [1.165, 1.54) is 13.0 Å². The number of hydrogen-bond donors (Lipinski definition) is 4. The molecule has 0 radical (unpaired) electrons. The molecule has 0 saturated carbocycles. The van der Waals surface area contributed by atoms with Gasteiger partial charge in [-0.1, -0.05) is 30.3 Å². The van der Waals surface area contributed by atoms with E-state index in [4.69, 9.17) is 5.73 Å². The summed E-state index contributed by atoms with van der Waals surface area (Å²) in [6.45, 7) is 6.84. The molecular weight excluding hydrogens is 516 g/mol. The van der Waals surface area contributed by atoms with Crippen molar-refractivity contribution in [1.29, 1.82) is 5.26 Å². The van der Waals surface area contributed by atoms with Gasteiger partial charge in [-0.25, -0.2) is 23.7 Å². The molecule has 2 aromatic carbocycles. The second-order valence-electron chi connectivity index (χ2n) is 8.81. The van der Waals surface area contributed by atoms with Crippen LogP contribution in [-0.2, 0) is 11.3 Å². The Morgan fingerprint density at radius 3 is 2.60 bits per heavy atom. The van der Waals surface area contributed by atoms with E-state index in [0.29, 0.717) is 17.0 Å². The lowest BCUT2D eigenvalue weighted by Crippen LogP contribution is -2.30. The zero-order valence-electron chi connectivity index (χ0n) is 21.7. The number of nitriles is 1. The van der Waals surface area contributed by atoms with Gasteiger partial charge in [-0.3, -0.25) is 9.89 Å². The van der Waals surface area contributed by atoms with Crippen molar-refractivity contribution in [3.8, 4) is 17.2 Å². The summed E-state index contributed by atoms with van der Waals surface area (Å²) in [6, 6.07) is 14.0. The number of anilines is 1. The Morgan fingerprint density at radius 1 is 1.18 bits per heavy atom. The first-order chi connectivity index (χ1) is 19.2. The molecule has 0 unspecified atom stereocenters. The molecule has 0 spiro atoms. The number of carbonyl (C=O) groups is 1. The minimum Gasteiger partial charge on any atom is -0.382 e. The van der Waals surface area contributed by atoms with Crippen LogP contribution < -0.4 is 16.4 Å². The van der Waals surface area contributed by atoms with Crippen molar-refractivity contribution in [3.05, 3.63) is 89.0 Å². The second kappa shape index (κ2) is 12.0. The van der Waals surface area contributed by atoms with Crippen LogP contribution in [0.2, 0.25) is 0 Å². The number of benzene rings is 2. The van der Waals surface area contributed by atoms with Crippen LogP contribution in [0.3, 0.4) is 0 Å². The highest BCUT2D eigenvalue weighted by Gasteiger charge is 2.19. The van der Waals surface area contributed by atoms with Gasteiger partial charge in [-0.2, -0.15) is 10.4 Å². The molecule has 1 amide bonds. The fraction of sp³-hybridized carbons (Fsp3) is 0.143. The second-order valence-corrected chi connectivity index (χ2v) is 8.81. The minimum absolute atomic E-state index is 0.0155. The number of nitrogens with two attached hydrogens (primary N) is 1. The number of hydrogen-bond acceptors (Lipinski definition) is 8. The largest absolute Gasteiger partial charge is 0.382 e. The van der Waals surface area contributed by atoms with Crippen LogP contribution in [0.1, 0.15) is 31.0 Å². The number of H-pyrrole nitrogens is 1. The van der Waals surface area contributed by atoms with Gasteiger partial charge in [0.25, 0.3) is 5.91 Å². The molecule has 2 aromatic heterocycles. The maximum Gasteiger partial charge on any atom is 0.274 e. The summed E-state index contributed by atoms with van der Waals surface area (Å²) in [5.74, 6) is -2.30. The third kappa shape index (κ3) is 6.16. The summed E-state index contributed by atoms with van der Waals surface area (Å²) >= 11 is 0. The van der Waals surface area contributed by atoms with E-state index in [1.807, 2.05) is 36.4 Å². The number of amides is 1. The van der Waals surface area contributed by atoms with Crippen LogP contribution in [0.25, 0.3) is 22.2 Å². The third-order valence-electron chi connectivity index (χ3n) is 6.02. The highest BCUT2D eigenvalue weighted by molar-refractivity contribution is 6.02. The van der Waals surface area contributed by atoms with E-state index in [9.17, 15) is 18.8 Å². The molecule has 4 rings (SSSR count). The zero-order valence-corrected chi connectivity index (χ0v) is 21.7. The topological polar surface area (TPSA) is 157 Å². The number of pyridine rings is 1. The number of carbonyl (C=O) groups excluding carboxylic acids is 1. The molecule has 4 aromatic rings. The van der Waals surface area contributed by atoms with Gasteiger partial charge in [0, 0.05) is 18.3 Å². The molecule has 12 heteroatoms. The normalized spacial score (nSPS) is 12.8. The van der Waals surface area contributed by atoms with E-state index in [-0.39, 0.29) is 23.8 Å². The van der Waals surface area contributed by atoms with Gasteiger partial charge >= 0.3 is 0 Å². The van der Waals surface area contributed by atoms with Crippen LogP contribution >= 0.6 is 0 Å². The Balaban J connectivity index is 1.53. The average Bonchev–Trinajstić information content (AvgIpc) is 3.33. The van der Waals surface area contributed by atoms with Gasteiger partial charge in [0.2, 0.25) is 0 Å². The average molecular weight is 542 g/mol. The van der Waals surface area contributed by atoms with Gasteiger partial charge in [0.05, 0.1) is 11.4 Å². The molecule has 10 nitrogen and oxygen atoms in total. The SMILES string of the molecule is C=N/C(NCc1ccc(-c2cnc3[nH]nc(N)c3c2)cc1)=C(\N=C(/C)C#N)C(=O)N[C@@H](C)c1ccc(F)c(F)c1. The predicted octanol–water partition coefficient (Wildman–Crippen LogP) is 4.31. The summed E-state index contributed by atoms with van der Waals surface area (Å²) in [6.07, 6.45) is 1.72. The molecule has 0 fully saturated rings. The highest BCUT2D eigenvalue weighted by Crippen LogP contribution is 2.25. The lowest BCUT2D eigenvalue weighted by molar-refractivity contribution is -0.118. The Labute approximate surface area is 228 Å². The maximum atomic E-state index is 13.7. The number of aromatic nitrogens is 3. The minimum atomic E-state index is -1.03. The lowest BCUT2D eigenvalue weighted by Gasteiger charge is -2.16. The third-order valence-corrected chi connectivity index (χ3v) is 6.02. The van der Waals surface area contributed by atoms with E-state index < -0.39 is 23.6 Å². The van der Waals surface area contributed by atoms with Crippen molar-refractivity contribution in [2.24, 2.45) is 9.98 Å². The molecule has 0 bridgehead atoms. The van der Waals surface area contributed by atoms with Gasteiger partial charge in [-0.05, 0) is 55.5 Å². The Morgan fingerprint density at radius 2 is 1.93 bits per heavy atom. The molecule has 0 aliphatic carbocycles. The Hall–Kier alpha value is -5.44. The zero-order chi connectivity index (χ0) is 28.8.